The molecule has 0 radical (unpaired) electrons. The Balaban J connectivity index is 1.89. The zero-order valence-corrected chi connectivity index (χ0v) is 12.3. The van der Waals surface area contributed by atoms with Gasteiger partial charge in [0.15, 0.2) is 6.10 Å². The minimum absolute atomic E-state index is 0.199. The number of rotatable bonds is 6. The number of nitrogens with zero attached hydrogens (tertiary/aromatic N) is 1. The van der Waals surface area contributed by atoms with Gasteiger partial charge in [-0.1, -0.05) is 0 Å². The number of carbonyl (C=O) groups is 1. The molecule has 21 heavy (non-hydrogen) atoms. The first kappa shape index (κ1) is 14.9. The van der Waals surface area contributed by atoms with E-state index in [1.165, 1.54) is 0 Å². The van der Waals surface area contributed by atoms with Gasteiger partial charge in [0.2, 0.25) is 0 Å². The summed E-state index contributed by atoms with van der Waals surface area (Å²) in [7, 11) is 1.60. The summed E-state index contributed by atoms with van der Waals surface area (Å²) >= 11 is 0. The summed E-state index contributed by atoms with van der Waals surface area (Å²) in [6.07, 6.45) is 2.76. The Morgan fingerprint density at radius 3 is 2.48 bits per heavy atom. The third kappa shape index (κ3) is 3.98. The number of benzene rings is 1. The van der Waals surface area contributed by atoms with Gasteiger partial charge in [-0.25, -0.2) is 4.98 Å². The molecule has 1 aromatic heterocycles. The predicted octanol–water partition coefficient (Wildman–Crippen LogP) is 2.06. The Hall–Kier alpha value is -2.50. The normalized spacial score (nSPS) is 13.3. The van der Waals surface area contributed by atoms with Gasteiger partial charge in [0.25, 0.3) is 5.91 Å². The highest BCUT2D eigenvalue weighted by molar-refractivity contribution is 5.81. The standard InChI is InChI=1S/C15H19N3O3/c1-10(14-16-8-9-17-14)18-15(19)11(2)21-13-6-4-12(20-3)5-7-13/h4-11H,1-3H3,(H,16,17)(H,18,19). The maximum absolute atomic E-state index is 12.1. The van der Waals surface area contributed by atoms with Gasteiger partial charge in [0.1, 0.15) is 17.3 Å². The van der Waals surface area contributed by atoms with Crippen molar-refractivity contribution in [3.8, 4) is 11.5 Å². The first-order valence-corrected chi connectivity index (χ1v) is 6.70. The minimum Gasteiger partial charge on any atom is -0.497 e. The highest BCUT2D eigenvalue weighted by Gasteiger charge is 2.18. The van der Waals surface area contributed by atoms with E-state index < -0.39 is 6.10 Å². The van der Waals surface area contributed by atoms with Gasteiger partial charge in [-0.05, 0) is 38.1 Å². The van der Waals surface area contributed by atoms with Gasteiger partial charge in [-0.2, -0.15) is 0 Å². The molecule has 1 aromatic carbocycles. The van der Waals surface area contributed by atoms with Gasteiger partial charge in [-0.3, -0.25) is 4.79 Å². The zero-order chi connectivity index (χ0) is 15.2. The number of H-pyrrole nitrogens is 1. The molecule has 0 spiro atoms. The number of methoxy groups -OCH3 is 1. The smallest absolute Gasteiger partial charge is 0.261 e. The van der Waals surface area contributed by atoms with Crippen LogP contribution in [0.25, 0.3) is 0 Å². The van der Waals surface area contributed by atoms with Crippen LogP contribution < -0.4 is 14.8 Å². The summed E-state index contributed by atoms with van der Waals surface area (Å²) in [6.45, 7) is 3.56. The van der Waals surface area contributed by atoms with Crippen LogP contribution in [0, 0.1) is 0 Å². The van der Waals surface area contributed by atoms with Crippen LogP contribution in [-0.4, -0.2) is 29.1 Å². The Morgan fingerprint density at radius 2 is 1.90 bits per heavy atom. The Kier molecular flexibility index (Phi) is 4.81. The molecule has 1 amide bonds. The number of carbonyl (C=O) groups excluding carboxylic acids is 1. The molecule has 2 atom stereocenters. The van der Waals surface area contributed by atoms with E-state index in [1.807, 2.05) is 6.92 Å². The van der Waals surface area contributed by atoms with E-state index in [2.05, 4.69) is 15.3 Å². The lowest BCUT2D eigenvalue weighted by Gasteiger charge is -2.17. The van der Waals surface area contributed by atoms with Crippen LogP contribution in [-0.2, 0) is 4.79 Å². The molecule has 0 saturated carbocycles. The van der Waals surface area contributed by atoms with Crippen LogP contribution in [0.4, 0.5) is 0 Å². The van der Waals surface area contributed by atoms with Gasteiger partial charge in [0, 0.05) is 12.4 Å². The molecule has 1 heterocycles. The van der Waals surface area contributed by atoms with Crippen molar-refractivity contribution in [3.63, 3.8) is 0 Å². The summed E-state index contributed by atoms with van der Waals surface area (Å²) in [5, 5.41) is 2.84. The van der Waals surface area contributed by atoms with Crippen LogP contribution in [0.3, 0.4) is 0 Å². The first-order chi connectivity index (χ1) is 10.1. The Morgan fingerprint density at radius 1 is 1.24 bits per heavy atom. The number of amides is 1. The first-order valence-electron chi connectivity index (χ1n) is 6.70. The van der Waals surface area contributed by atoms with Crippen molar-refractivity contribution in [1.82, 2.24) is 15.3 Å². The number of imidazole rings is 1. The maximum Gasteiger partial charge on any atom is 0.261 e. The van der Waals surface area contributed by atoms with E-state index in [-0.39, 0.29) is 11.9 Å². The highest BCUT2D eigenvalue weighted by atomic mass is 16.5. The quantitative estimate of drug-likeness (QED) is 0.853. The summed E-state index contributed by atoms with van der Waals surface area (Å²) in [4.78, 5) is 19.1. The lowest BCUT2D eigenvalue weighted by atomic mass is 10.2. The molecule has 6 nitrogen and oxygen atoms in total. The van der Waals surface area contributed by atoms with E-state index in [1.54, 1.807) is 50.7 Å². The van der Waals surface area contributed by atoms with Gasteiger partial charge >= 0.3 is 0 Å². The average Bonchev–Trinajstić information content (AvgIpc) is 3.02. The molecule has 2 unspecified atom stereocenters. The van der Waals surface area contributed by atoms with Crippen molar-refractivity contribution in [2.45, 2.75) is 26.0 Å². The third-order valence-corrected chi connectivity index (χ3v) is 3.03. The fraction of sp³-hybridized carbons (Fsp3) is 0.333. The summed E-state index contributed by atoms with van der Waals surface area (Å²) < 4.78 is 10.7. The van der Waals surface area contributed by atoms with Gasteiger partial charge < -0.3 is 19.8 Å². The van der Waals surface area contributed by atoms with E-state index in [4.69, 9.17) is 9.47 Å². The fourth-order valence-electron chi connectivity index (χ4n) is 1.83. The van der Waals surface area contributed by atoms with Crippen LogP contribution in [0.5, 0.6) is 11.5 Å². The number of hydrogen-bond donors (Lipinski definition) is 2. The fourth-order valence-corrected chi connectivity index (χ4v) is 1.83. The molecule has 0 bridgehead atoms. The predicted molar refractivity (Wildman–Crippen MR) is 78.2 cm³/mol. The van der Waals surface area contributed by atoms with Gasteiger partial charge in [-0.15, -0.1) is 0 Å². The van der Waals surface area contributed by atoms with Crippen molar-refractivity contribution in [3.05, 3.63) is 42.5 Å². The molecule has 0 aliphatic rings. The van der Waals surface area contributed by atoms with Crippen molar-refractivity contribution in [2.24, 2.45) is 0 Å². The molecule has 0 aliphatic carbocycles. The lowest BCUT2D eigenvalue weighted by molar-refractivity contribution is -0.128. The summed E-state index contributed by atoms with van der Waals surface area (Å²) in [5.74, 6) is 1.87. The number of aromatic nitrogens is 2. The molecule has 0 saturated heterocycles. The number of ether oxygens (including phenoxy) is 2. The van der Waals surface area contributed by atoms with Crippen LogP contribution >= 0.6 is 0 Å². The number of nitrogens with one attached hydrogen (secondary N) is 2. The molecule has 2 rings (SSSR count). The second-order valence-corrected chi connectivity index (χ2v) is 4.64. The molecule has 6 heteroatoms. The topological polar surface area (TPSA) is 76.2 Å². The van der Waals surface area contributed by atoms with E-state index in [0.717, 1.165) is 5.75 Å². The van der Waals surface area contributed by atoms with Crippen molar-refractivity contribution in [1.29, 1.82) is 0 Å². The second-order valence-electron chi connectivity index (χ2n) is 4.64. The molecular weight excluding hydrogens is 270 g/mol. The van der Waals surface area contributed by atoms with E-state index in [0.29, 0.717) is 11.6 Å². The Labute approximate surface area is 123 Å². The average molecular weight is 289 g/mol. The Bertz CT molecular complexity index is 566. The van der Waals surface area contributed by atoms with Gasteiger partial charge in [0.05, 0.1) is 13.2 Å². The van der Waals surface area contributed by atoms with Crippen molar-refractivity contribution < 1.29 is 14.3 Å². The maximum atomic E-state index is 12.1. The molecule has 2 N–H and O–H groups in total. The second kappa shape index (κ2) is 6.78. The molecular formula is C15H19N3O3. The molecule has 0 fully saturated rings. The summed E-state index contributed by atoms with van der Waals surface area (Å²) in [6, 6.07) is 6.89. The molecule has 112 valence electrons. The van der Waals surface area contributed by atoms with Crippen molar-refractivity contribution in [2.75, 3.05) is 7.11 Å². The SMILES string of the molecule is COc1ccc(OC(C)C(=O)NC(C)c2ncc[nH]2)cc1. The van der Waals surface area contributed by atoms with E-state index >= 15 is 0 Å². The molecule has 0 aliphatic heterocycles. The van der Waals surface area contributed by atoms with Crippen LogP contribution in [0.1, 0.15) is 25.7 Å². The van der Waals surface area contributed by atoms with Crippen LogP contribution in [0.15, 0.2) is 36.7 Å². The largest absolute Gasteiger partial charge is 0.497 e. The van der Waals surface area contributed by atoms with E-state index in [9.17, 15) is 4.79 Å². The number of hydrogen-bond acceptors (Lipinski definition) is 4. The minimum atomic E-state index is -0.601. The third-order valence-electron chi connectivity index (χ3n) is 3.03. The number of aromatic amines is 1. The molecule has 2 aromatic rings. The summed E-state index contributed by atoms with van der Waals surface area (Å²) in [5.41, 5.74) is 0. The zero-order valence-electron chi connectivity index (χ0n) is 12.3. The van der Waals surface area contributed by atoms with Crippen molar-refractivity contribution >= 4 is 5.91 Å². The lowest BCUT2D eigenvalue weighted by Crippen LogP contribution is -2.38. The van der Waals surface area contributed by atoms with Crippen LogP contribution in [0.2, 0.25) is 0 Å². The monoisotopic (exact) mass is 289 g/mol. The highest BCUT2D eigenvalue weighted by Crippen LogP contribution is 2.18.